The van der Waals surface area contributed by atoms with Gasteiger partial charge >= 0.3 is 0 Å². The predicted octanol–water partition coefficient (Wildman–Crippen LogP) is 14.0. The number of hydrogen-bond acceptors (Lipinski definition) is 3. The standard InChI is InChI=1S/C43H87NO2/c1-3-5-7-9-11-13-15-17-19-21-23-25-27-29-31-35-39-45-42-43(41-44-37-33-34-38-44)46-40-36-32-30-28-26-24-22-20-18-16-14-12-10-8-6-4-2/h43H,3-42H2,1-2H3. The summed E-state index contributed by atoms with van der Waals surface area (Å²) in [5, 5.41) is 0. The molecule has 1 atom stereocenters. The van der Waals surface area contributed by atoms with Gasteiger partial charge in [-0.3, -0.25) is 0 Å². The molecular formula is C43H87NO2. The maximum atomic E-state index is 6.39. The summed E-state index contributed by atoms with van der Waals surface area (Å²) in [6.45, 7) is 10.8. The third-order valence-corrected chi connectivity index (χ3v) is 10.5. The third kappa shape index (κ3) is 32.4. The number of rotatable bonds is 39. The minimum Gasteiger partial charge on any atom is -0.379 e. The van der Waals surface area contributed by atoms with Crippen LogP contribution < -0.4 is 0 Å². The van der Waals surface area contributed by atoms with E-state index < -0.39 is 0 Å². The van der Waals surface area contributed by atoms with Gasteiger partial charge in [-0.25, -0.2) is 0 Å². The van der Waals surface area contributed by atoms with E-state index in [1.54, 1.807) is 0 Å². The van der Waals surface area contributed by atoms with Crippen molar-refractivity contribution in [1.29, 1.82) is 0 Å². The highest BCUT2D eigenvalue weighted by Gasteiger charge is 2.18. The van der Waals surface area contributed by atoms with E-state index in [-0.39, 0.29) is 6.10 Å². The summed E-state index contributed by atoms with van der Waals surface area (Å²) < 4.78 is 12.5. The van der Waals surface area contributed by atoms with Gasteiger partial charge in [-0.15, -0.1) is 0 Å². The molecule has 0 aromatic rings. The molecule has 46 heavy (non-hydrogen) atoms. The smallest absolute Gasteiger partial charge is 0.0934 e. The van der Waals surface area contributed by atoms with Crippen molar-refractivity contribution in [2.45, 2.75) is 238 Å². The molecule has 0 aliphatic carbocycles. The lowest BCUT2D eigenvalue weighted by Crippen LogP contribution is -2.35. The molecule has 0 aromatic carbocycles. The zero-order valence-corrected chi connectivity index (χ0v) is 32.1. The maximum absolute atomic E-state index is 6.39. The second-order valence-corrected chi connectivity index (χ2v) is 15.2. The summed E-state index contributed by atoms with van der Waals surface area (Å²) in [7, 11) is 0. The first-order valence-electron chi connectivity index (χ1n) is 21.8. The summed E-state index contributed by atoms with van der Waals surface area (Å²) >= 11 is 0. The number of hydrogen-bond donors (Lipinski definition) is 0. The number of ether oxygens (including phenoxy) is 2. The van der Waals surface area contributed by atoms with Crippen LogP contribution in [-0.2, 0) is 9.47 Å². The lowest BCUT2D eigenvalue weighted by Gasteiger charge is -2.24. The van der Waals surface area contributed by atoms with Crippen LogP contribution in [0.15, 0.2) is 0 Å². The highest BCUT2D eigenvalue weighted by molar-refractivity contribution is 4.71. The monoisotopic (exact) mass is 650 g/mol. The van der Waals surface area contributed by atoms with Crippen LogP contribution in [-0.4, -0.2) is 50.5 Å². The average Bonchev–Trinajstić information content (AvgIpc) is 3.58. The van der Waals surface area contributed by atoms with Gasteiger partial charge in [0.1, 0.15) is 0 Å². The highest BCUT2D eigenvalue weighted by Crippen LogP contribution is 2.16. The Morgan fingerprint density at radius 3 is 1.04 bits per heavy atom. The molecule has 3 heteroatoms. The second kappa shape index (κ2) is 37.7. The third-order valence-electron chi connectivity index (χ3n) is 10.5. The Bertz CT molecular complexity index is 549. The molecule has 1 saturated heterocycles. The van der Waals surface area contributed by atoms with Crippen LogP contribution >= 0.6 is 0 Å². The van der Waals surface area contributed by atoms with E-state index in [0.717, 1.165) is 26.4 Å². The van der Waals surface area contributed by atoms with Crippen LogP contribution in [0.2, 0.25) is 0 Å². The van der Waals surface area contributed by atoms with Crippen molar-refractivity contribution in [3.63, 3.8) is 0 Å². The highest BCUT2D eigenvalue weighted by atomic mass is 16.5. The van der Waals surface area contributed by atoms with Crippen molar-refractivity contribution < 1.29 is 9.47 Å². The maximum Gasteiger partial charge on any atom is 0.0934 e. The van der Waals surface area contributed by atoms with Crippen LogP contribution in [0.25, 0.3) is 0 Å². The Kier molecular flexibility index (Phi) is 36.0. The van der Waals surface area contributed by atoms with Crippen molar-refractivity contribution >= 4 is 0 Å². The van der Waals surface area contributed by atoms with E-state index in [1.807, 2.05) is 0 Å². The molecule has 1 aliphatic rings. The molecule has 276 valence electrons. The van der Waals surface area contributed by atoms with Gasteiger partial charge in [-0.05, 0) is 38.8 Å². The number of nitrogens with zero attached hydrogens (tertiary/aromatic N) is 1. The van der Waals surface area contributed by atoms with Gasteiger partial charge in [-0.2, -0.15) is 0 Å². The average molecular weight is 650 g/mol. The predicted molar refractivity (Wildman–Crippen MR) is 205 cm³/mol. The summed E-state index contributed by atoms with van der Waals surface area (Å²) in [6, 6.07) is 0. The number of likely N-dealkylation sites (tertiary alicyclic amines) is 1. The quantitative estimate of drug-likeness (QED) is 0.0618. The van der Waals surface area contributed by atoms with Crippen LogP contribution in [0, 0.1) is 0 Å². The van der Waals surface area contributed by atoms with E-state index in [1.165, 1.54) is 231 Å². The Morgan fingerprint density at radius 2 is 0.696 bits per heavy atom. The van der Waals surface area contributed by atoms with Gasteiger partial charge in [0.05, 0.1) is 12.7 Å². The molecular weight excluding hydrogens is 562 g/mol. The van der Waals surface area contributed by atoms with Gasteiger partial charge in [0, 0.05) is 19.8 Å². The first kappa shape index (κ1) is 43.9. The fraction of sp³-hybridized carbons (Fsp3) is 1.00. The summed E-state index contributed by atoms with van der Waals surface area (Å²) in [5.74, 6) is 0. The fourth-order valence-electron chi connectivity index (χ4n) is 7.27. The lowest BCUT2D eigenvalue weighted by molar-refractivity contribution is -0.0316. The minimum absolute atomic E-state index is 0.260. The van der Waals surface area contributed by atoms with Gasteiger partial charge < -0.3 is 14.4 Å². The Morgan fingerprint density at radius 1 is 0.391 bits per heavy atom. The summed E-state index contributed by atoms with van der Waals surface area (Å²) in [6.07, 6.45) is 48.4. The summed E-state index contributed by atoms with van der Waals surface area (Å²) in [4.78, 5) is 2.59. The Balaban J connectivity index is 1.89. The molecule has 0 N–H and O–H groups in total. The fourth-order valence-corrected chi connectivity index (χ4v) is 7.27. The molecule has 1 rings (SSSR count). The molecule has 3 nitrogen and oxygen atoms in total. The van der Waals surface area contributed by atoms with Crippen molar-refractivity contribution in [2.75, 3.05) is 39.5 Å². The van der Waals surface area contributed by atoms with Crippen molar-refractivity contribution in [2.24, 2.45) is 0 Å². The van der Waals surface area contributed by atoms with Crippen molar-refractivity contribution in [1.82, 2.24) is 4.90 Å². The van der Waals surface area contributed by atoms with E-state index in [9.17, 15) is 0 Å². The Hall–Kier alpha value is -0.120. The van der Waals surface area contributed by atoms with Crippen LogP contribution in [0.3, 0.4) is 0 Å². The van der Waals surface area contributed by atoms with Crippen molar-refractivity contribution in [3.05, 3.63) is 0 Å². The van der Waals surface area contributed by atoms with Crippen molar-refractivity contribution in [3.8, 4) is 0 Å². The minimum atomic E-state index is 0.260. The molecule has 0 saturated carbocycles. The SMILES string of the molecule is CCCCCCCCCCCCCCCCCCOCC(CN1CCCC1)OCCCCCCCCCCCCCCCCCC. The zero-order valence-electron chi connectivity index (χ0n) is 32.1. The zero-order chi connectivity index (χ0) is 32.9. The van der Waals surface area contributed by atoms with Crippen LogP contribution in [0.5, 0.6) is 0 Å². The Labute approximate surface area is 291 Å². The molecule has 0 bridgehead atoms. The molecule has 1 heterocycles. The molecule has 1 aliphatic heterocycles. The van der Waals surface area contributed by atoms with E-state index in [4.69, 9.17) is 9.47 Å². The molecule has 0 spiro atoms. The molecule has 1 unspecified atom stereocenters. The largest absolute Gasteiger partial charge is 0.379 e. The molecule has 0 aromatic heterocycles. The molecule has 0 amide bonds. The van der Waals surface area contributed by atoms with Gasteiger partial charge in [0.2, 0.25) is 0 Å². The topological polar surface area (TPSA) is 21.7 Å². The normalized spacial score (nSPS) is 14.5. The van der Waals surface area contributed by atoms with Gasteiger partial charge in [0.25, 0.3) is 0 Å². The molecule has 1 fully saturated rings. The van der Waals surface area contributed by atoms with E-state index in [2.05, 4.69) is 18.7 Å². The summed E-state index contributed by atoms with van der Waals surface area (Å²) in [5.41, 5.74) is 0. The van der Waals surface area contributed by atoms with Crippen LogP contribution in [0.4, 0.5) is 0 Å². The lowest BCUT2D eigenvalue weighted by atomic mass is 10.0. The first-order valence-corrected chi connectivity index (χ1v) is 21.8. The second-order valence-electron chi connectivity index (χ2n) is 15.2. The van der Waals surface area contributed by atoms with E-state index >= 15 is 0 Å². The molecule has 0 radical (unpaired) electrons. The number of unbranched alkanes of at least 4 members (excludes halogenated alkanes) is 30. The van der Waals surface area contributed by atoms with E-state index in [0.29, 0.717) is 0 Å². The van der Waals surface area contributed by atoms with Gasteiger partial charge in [0.15, 0.2) is 0 Å². The van der Waals surface area contributed by atoms with Gasteiger partial charge in [-0.1, -0.05) is 206 Å². The first-order chi connectivity index (χ1) is 22.9. The van der Waals surface area contributed by atoms with Crippen LogP contribution in [0.1, 0.15) is 232 Å².